The summed E-state index contributed by atoms with van der Waals surface area (Å²) in [5.41, 5.74) is 0.889. The van der Waals surface area contributed by atoms with Crippen LogP contribution in [-0.2, 0) is 0 Å². The van der Waals surface area contributed by atoms with E-state index in [0.717, 1.165) is 49.4 Å². The fourth-order valence-corrected chi connectivity index (χ4v) is 4.99. The van der Waals surface area contributed by atoms with E-state index in [0.29, 0.717) is 0 Å². The van der Waals surface area contributed by atoms with E-state index in [2.05, 4.69) is 36.4 Å². The van der Waals surface area contributed by atoms with Crippen molar-refractivity contribution in [2.45, 2.75) is 38.0 Å². The summed E-state index contributed by atoms with van der Waals surface area (Å²) in [6, 6.07) is 8.10. The van der Waals surface area contributed by atoms with Crippen molar-refractivity contribution in [3.8, 4) is 0 Å². The Balaban J connectivity index is 1.45. The molecule has 0 unspecified atom stereocenters. The third-order valence-electron chi connectivity index (χ3n) is 5.68. The highest BCUT2D eigenvalue weighted by Crippen LogP contribution is 2.25. The van der Waals surface area contributed by atoms with Crippen molar-refractivity contribution >= 4 is 23.5 Å². The molecule has 2 saturated heterocycles. The topological polar surface area (TPSA) is 35.6 Å². The molecule has 0 spiro atoms. The highest BCUT2D eigenvalue weighted by molar-refractivity contribution is 7.98. The van der Waals surface area contributed by atoms with Gasteiger partial charge >= 0.3 is 6.03 Å². The largest absolute Gasteiger partial charge is 0.325 e. The van der Waals surface area contributed by atoms with Gasteiger partial charge < -0.3 is 15.1 Å². The van der Waals surface area contributed by atoms with Crippen LogP contribution in [0.1, 0.15) is 33.1 Å². The number of amides is 2. The molecule has 0 saturated carbocycles. The molecule has 5 heteroatoms. The van der Waals surface area contributed by atoms with Gasteiger partial charge in [-0.05, 0) is 61.5 Å². The molecule has 2 fully saturated rings. The summed E-state index contributed by atoms with van der Waals surface area (Å²) < 4.78 is 0. The number of piperidine rings is 2. The maximum atomic E-state index is 12.5. The molecule has 26 heavy (non-hydrogen) atoms. The molecule has 1 aromatic carbocycles. The number of benzene rings is 1. The Kier molecular flexibility index (Phi) is 6.87. The fourth-order valence-electron chi connectivity index (χ4n) is 4.53. The van der Waals surface area contributed by atoms with Gasteiger partial charge in [0.2, 0.25) is 0 Å². The van der Waals surface area contributed by atoms with Crippen LogP contribution in [0.2, 0.25) is 0 Å². The van der Waals surface area contributed by atoms with E-state index in [1.54, 1.807) is 11.8 Å². The molecule has 2 aliphatic heterocycles. The molecule has 2 aliphatic rings. The number of urea groups is 1. The van der Waals surface area contributed by atoms with Gasteiger partial charge in [0.05, 0.1) is 0 Å². The van der Waals surface area contributed by atoms with Crippen molar-refractivity contribution in [1.29, 1.82) is 0 Å². The molecule has 0 radical (unpaired) electrons. The second-order valence-corrected chi connectivity index (χ2v) is 9.14. The summed E-state index contributed by atoms with van der Waals surface area (Å²) in [4.78, 5) is 18.4. The van der Waals surface area contributed by atoms with Gasteiger partial charge in [0.25, 0.3) is 0 Å². The molecular formula is C21H33N3OS. The third-order valence-corrected chi connectivity index (χ3v) is 6.41. The summed E-state index contributed by atoms with van der Waals surface area (Å²) in [6.45, 7) is 10.2. The summed E-state index contributed by atoms with van der Waals surface area (Å²) >= 11 is 1.69. The number of nitrogens with one attached hydrogen (secondary N) is 1. The minimum Gasteiger partial charge on any atom is -0.325 e. The second-order valence-electron chi connectivity index (χ2n) is 8.26. The van der Waals surface area contributed by atoms with Gasteiger partial charge in [-0.2, -0.15) is 0 Å². The van der Waals surface area contributed by atoms with Crippen molar-refractivity contribution in [2.24, 2.45) is 17.8 Å². The van der Waals surface area contributed by atoms with Gasteiger partial charge in [-0.15, -0.1) is 11.8 Å². The van der Waals surface area contributed by atoms with Gasteiger partial charge in [-0.3, -0.25) is 0 Å². The number of rotatable bonds is 4. The lowest BCUT2D eigenvalue weighted by molar-refractivity contribution is 0.101. The predicted octanol–water partition coefficient (Wildman–Crippen LogP) is 4.63. The molecule has 3 rings (SSSR count). The number of thioether (sulfide) groups is 1. The summed E-state index contributed by atoms with van der Waals surface area (Å²) in [7, 11) is 0. The van der Waals surface area contributed by atoms with Crippen LogP contribution in [0.25, 0.3) is 0 Å². The first-order valence-corrected chi connectivity index (χ1v) is 11.2. The molecule has 2 amide bonds. The molecular weight excluding hydrogens is 342 g/mol. The van der Waals surface area contributed by atoms with E-state index in [-0.39, 0.29) is 6.03 Å². The number of carbonyl (C=O) groups is 1. The minimum absolute atomic E-state index is 0.0434. The number of carbonyl (C=O) groups excluding carboxylic acids is 1. The number of hydrogen-bond acceptors (Lipinski definition) is 3. The Bertz CT molecular complexity index is 591. The highest BCUT2D eigenvalue weighted by Gasteiger charge is 2.27. The van der Waals surface area contributed by atoms with Crippen molar-refractivity contribution in [3.63, 3.8) is 0 Å². The lowest BCUT2D eigenvalue weighted by Gasteiger charge is -2.39. The Morgan fingerprint density at radius 3 is 2.54 bits per heavy atom. The Morgan fingerprint density at radius 2 is 1.88 bits per heavy atom. The van der Waals surface area contributed by atoms with Crippen LogP contribution in [-0.4, -0.2) is 54.8 Å². The van der Waals surface area contributed by atoms with E-state index < -0.39 is 0 Å². The molecule has 1 aromatic rings. The van der Waals surface area contributed by atoms with Crippen LogP contribution in [0, 0.1) is 17.8 Å². The van der Waals surface area contributed by atoms with Crippen LogP contribution in [0.15, 0.2) is 29.2 Å². The van der Waals surface area contributed by atoms with Crippen LogP contribution in [0.4, 0.5) is 10.5 Å². The third kappa shape index (κ3) is 5.40. The van der Waals surface area contributed by atoms with Gasteiger partial charge in [0.1, 0.15) is 0 Å². The number of nitrogens with zero attached hydrogens (tertiary/aromatic N) is 2. The van der Waals surface area contributed by atoms with Crippen molar-refractivity contribution in [1.82, 2.24) is 9.80 Å². The summed E-state index contributed by atoms with van der Waals surface area (Å²) in [5, 5.41) is 3.06. The normalized spacial score (nSPS) is 25.3. The average Bonchev–Trinajstić information content (AvgIpc) is 2.61. The molecule has 0 aliphatic carbocycles. The highest BCUT2D eigenvalue weighted by atomic mass is 32.2. The van der Waals surface area contributed by atoms with E-state index in [1.807, 2.05) is 23.1 Å². The fraction of sp³-hybridized carbons (Fsp3) is 0.667. The molecule has 4 nitrogen and oxygen atoms in total. The van der Waals surface area contributed by atoms with Crippen molar-refractivity contribution in [2.75, 3.05) is 44.3 Å². The molecule has 1 N–H and O–H groups in total. The first kappa shape index (κ1) is 19.6. The molecule has 2 heterocycles. The zero-order chi connectivity index (χ0) is 18.5. The van der Waals surface area contributed by atoms with Gasteiger partial charge in [0, 0.05) is 43.3 Å². The van der Waals surface area contributed by atoms with Gasteiger partial charge in [-0.1, -0.05) is 19.9 Å². The standard InChI is InChI=1S/C21H33N3OS/c1-16-11-17(2)14-23(13-16)15-18-7-9-24(10-8-18)21(25)22-19-5-4-6-20(12-19)26-3/h4-6,12,16-18H,7-11,13-15H2,1-3H3,(H,22,25)/t16-,17+. The van der Waals surface area contributed by atoms with Crippen LogP contribution in [0.3, 0.4) is 0 Å². The Hall–Kier alpha value is -1.20. The summed E-state index contributed by atoms with van der Waals surface area (Å²) in [5.74, 6) is 2.37. The van der Waals surface area contributed by atoms with E-state index in [1.165, 1.54) is 31.0 Å². The summed E-state index contributed by atoms with van der Waals surface area (Å²) in [6.07, 6.45) is 5.66. The zero-order valence-electron chi connectivity index (χ0n) is 16.4. The van der Waals surface area contributed by atoms with Crippen LogP contribution in [0.5, 0.6) is 0 Å². The molecule has 144 valence electrons. The SMILES string of the molecule is CSc1cccc(NC(=O)N2CCC(CN3C[C@H](C)C[C@H](C)C3)CC2)c1. The number of likely N-dealkylation sites (tertiary alicyclic amines) is 2. The first-order chi connectivity index (χ1) is 12.5. The minimum atomic E-state index is 0.0434. The van der Waals surface area contributed by atoms with Crippen LogP contribution < -0.4 is 5.32 Å². The molecule has 0 aromatic heterocycles. The van der Waals surface area contributed by atoms with Crippen LogP contribution >= 0.6 is 11.8 Å². The lowest BCUT2D eigenvalue weighted by atomic mass is 9.89. The van der Waals surface area contributed by atoms with Gasteiger partial charge in [0.15, 0.2) is 0 Å². The zero-order valence-corrected chi connectivity index (χ0v) is 17.2. The maximum Gasteiger partial charge on any atom is 0.321 e. The first-order valence-electron chi connectivity index (χ1n) is 9.96. The van der Waals surface area contributed by atoms with Gasteiger partial charge in [-0.25, -0.2) is 4.79 Å². The van der Waals surface area contributed by atoms with E-state index >= 15 is 0 Å². The van der Waals surface area contributed by atoms with E-state index in [4.69, 9.17) is 0 Å². The average molecular weight is 376 g/mol. The predicted molar refractivity (Wildman–Crippen MR) is 111 cm³/mol. The van der Waals surface area contributed by atoms with E-state index in [9.17, 15) is 4.79 Å². The Labute approximate surface area is 162 Å². The Morgan fingerprint density at radius 1 is 1.19 bits per heavy atom. The van der Waals surface area contributed by atoms with Crippen molar-refractivity contribution < 1.29 is 4.79 Å². The van der Waals surface area contributed by atoms with Crippen molar-refractivity contribution in [3.05, 3.63) is 24.3 Å². The second kappa shape index (κ2) is 9.14. The molecule has 2 atom stereocenters. The molecule has 0 bridgehead atoms. The quantitative estimate of drug-likeness (QED) is 0.779. The number of anilines is 1. The lowest BCUT2D eigenvalue weighted by Crippen LogP contribution is -2.46. The smallest absolute Gasteiger partial charge is 0.321 e. The monoisotopic (exact) mass is 375 g/mol. The maximum absolute atomic E-state index is 12.5. The number of hydrogen-bond donors (Lipinski definition) is 1.